The molecule has 0 spiro atoms. The fourth-order valence-corrected chi connectivity index (χ4v) is 3.54. The molecule has 21 heavy (non-hydrogen) atoms. The molecule has 0 atom stereocenters. The average Bonchev–Trinajstić information content (AvgIpc) is 2.96. The minimum absolute atomic E-state index is 0.147. The molecule has 0 bridgehead atoms. The van der Waals surface area contributed by atoms with Gasteiger partial charge in [0.25, 0.3) is 0 Å². The van der Waals surface area contributed by atoms with Crippen LogP contribution in [-0.2, 0) is 21.6 Å². The number of benzene rings is 1. The summed E-state index contributed by atoms with van der Waals surface area (Å²) < 4.78 is 16.3. The lowest BCUT2D eigenvalue weighted by Gasteiger charge is -2.35. The molecule has 0 aromatic heterocycles. The van der Waals surface area contributed by atoms with Crippen molar-refractivity contribution in [3.05, 3.63) is 23.3 Å². The van der Waals surface area contributed by atoms with Crippen molar-refractivity contribution in [1.82, 2.24) is 0 Å². The Morgan fingerprint density at radius 3 is 2.71 bits per heavy atom. The molecule has 1 saturated carbocycles. The third-order valence-corrected chi connectivity index (χ3v) is 4.52. The van der Waals surface area contributed by atoms with Gasteiger partial charge in [-0.1, -0.05) is 25.3 Å². The zero-order valence-corrected chi connectivity index (χ0v) is 12.2. The van der Waals surface area contributed by atoms with Crippen LogP contribution in [0.25, 0.3) is 0 Å². The van der Waals surface area contributed by atoms with Crippen molar-refractivity contribution in [2.45, 2.75) is 44.1 Å². The predicted octanol–water partition coefficient (Wildman–Crippen LogP) is 2.85. The van der Waals surface area contributed by atoms with Crippen LogP contribution in [-0.4, -0.2) is 25.0 Å². The molecular formula is C16H20O5. The standard InChI is InChI=1S/C16H20O5/c1-19-9-11-5-6-12-14(21-10-20-12)13(11)16(15(17)18)7-3-2-4-8-16/h5-6H,2-4,7-10H2,1H3,(H,17,18). The molecule has 2 aliphatic rings. The van der Waals surface area contributed by atoms with Crippen LogP contribution in [0.15, 0.2) is 12.1 Å². The lowest BCUT2D eigenvalue weighted by Crippen LogP contribution is -2.39. The van der Waals surface area contributed by atoms with E-state index in [1.54, 1.807) is 7.11 Å². The Labute approximate surface area is 123 Å². The maximum absolute atomic E-state index is 12.1. The monoisotopic (exact) mass is 292 g/mol. The zero-order chi connectivity index (χ0) is 14.9. The van der Waals surface area contributed by atoms with Crippen LogP contribution in [0.1, 0.15) is 43.2 Å². The van der Waals surface area contributed by atoms with E-state index in [9.17, 15) is 9.90 Å². The Bertz CT molecular complexity index is 546. The molecule has 1 aromatic carbocycles. The Balaban J connectivity index is 2.18. The number of ether oxygens (including phenoxy) is 3. The summed E-state index contributed by atoms with van der Waals surface area (Å²) in [5.74, 6) is 0.452. The number of fused-ring (bicyclic) bond motifs is 1. The van der Waals surface area contributed by atoms with Gasteiger partial charge in [0.2, 0.25) is 6.79 Å². The van der Waals surface area contributed by atoms with E-state index in [0.717, 1.165) is 30.4 Å². The van der Waals surface area contributed by atoms with Gasteiger partial charge in [-0.3, -0.25) is 4.79 Å². The van der Waals surface area contributed by atoms with Crippen molar-refractivity contribution >= 4 is 5.97 Å². The average molecular weight is 292 g/mol. The smallest absolute Gasteiger partial charge is 0.314 e. The highest BCUT2D eigenvalue weighted by molar-refractivity contribution is 5.84. The maximum atomic E-state index is 12.1. The van der Waals surface area contributed by atoms with Crippen molar-refractivity contribution in [2.75, 3.05) is 13.9 Å². The first-order valence-corrected chi connectivity index (χ1v) is 7.33. The lowest BCUT2D eigenvalue weighted by atomic mass is 9.67. The third kappa shape index (κ3) is 2.25. The van der Waals surface area contributed by atoms with Gasteiger partial charge < -0.3 is 19.3 Å². The van der Waals surface area contributed by atoms with E-state index in [1.165, 1.54) is 0 Å². The van der Waals surface area contributed by atoms with Crippen LogP contribution in [0.3, 0.4) is 0 Å². The van der Waals surface area contributed by atoms with Crippen molar-refractivity contribution in [3.63, 3.8) is 0 Å². The van der Waals surface area contributed by atoms with Gasteiger partial charge in [-0.25, -0.2) is 0 Å². The number of hydrogen-bond acceptors (Lipinski definition) is 4. The summed E-state index contributed by atoms with van der Waals surface area (Å²) in [7, 11) is 1.61. The molecule has 114 valence electrons. The molecule has 1 aliphatic heterocycles. The first-order valence-electron chi connectivity index (χ1n) is 7.33. The summed E-state index contributed by atoms with van der Waals surface area (Å²) in [4.78, 5) is 12.1. The second-order valence-electron chi connectivity index (χ2n) is 5.71. The third-order valence-electron chi connectivity index (χ3n) is 4.52. The van der Waals surface area contributed by atoms with Gasteiger partial charge in [-0.05, 0) is 24.5 Å². The minimum Gasteiger partial charge on any atom is -0.481 e. The summed E-state index contributed by atoms with van der Waals surface area (Å²) in [6, 6.07) is 3.73. The summed E-state index contributed by atoms with van der Waals surface area (Å²) >= 11 is 0. The normalized spacial score (nSPS) is 19.5. The van der Waals surface area contributed by atoms with Crippen LogP contribution in [0, 0.1) is 0 Å². The van der Waals surface area contributed by atoms with Crippen molar-refractivity contribution in [2.24, 2.45) is 0 Å². The van der Waals surface area contributed by atoms with Crippen LogP contribution in [0.5, 0.6) is 11.5 Å². The van der Waals surface area contributed by atoms with Crippen molar-refractivity contribution < 1.29 is 24.1 Å². The Morgan fingerprint density at radius 2 is 2.05 bits per heavy atom. The van der Waals surface area contributed by atoms with Gasteiger partial charge in [0.15, 0.2) is 11.5 Å². The number of carboxylic acid groups (broad SMARTS) is 1. The van der Waals surface area contributed by atoms with Crippen LogP contribution < -0.4 is 9.47 Å². The highest BCUT2D eigenvalue weighted by Gasteiger charge is 2.46. The summed E-state index contributed by atoms with van der Waals surface area (Å²) in [6.45, 7) is 0.523. The van der Waals surface area contributed by atoms with Gasteiger partial charge in [-0.15, -0.1) is 0 Å². The van der Waals surface area contributed by atoms with Crippen molar-refractivity contribution in [3.8, 4) is 11.5 Å². The highest BCUT2D eigenvalue weighted by Crippen LogP contribution is 2.49. The summed E-state index contributed by atoms with van der Waals surface area (Å²) in [6.07, 6.45) is 4.20. The molecular weight excluding hydrogens is 272 g/mol. The number of methoxy groups -OCH3 is 1. The van der Waals surface area contributed by atoms with Gasteiger partial charge in [-0.2, -0.15) is 0 Å². The quantitative estimate of drug-likeness (QED) is 0.924. The largest absolute Gasteiger partial charge is 0.481 e. The number of hydrogen-bond donors (Lipinski definition) is 1. The Morgan fingerprint density at radius 1 is 1.29 bits per heavy atom. The molecule has 3 rings (SSSR count). The van der Waals surface area contributed by atoms with E-state index in [0.29, 0.717) is 30.9 Å². The molecule has 0 saturated heterocycles. The summed E-state index contributed by atoms with van der Waals surface area (Å²) in [5, 5.41) is 9.93. The molecule has 0 amide bonds. The topological polar surface area (TPSA) is 65.0 Å². The van der Waals surface area contributed by atoms with E-state index >= 15 is 0 Å². The predicted molar refractivity (Wildman–Crippen MR) is 75.7 cm³/mol. The molecule has 0 radical (unpaired) electrons. The molecule has 1 fully saturated rings. The summed E-state index contributed by atoms with van der Waals surface area (Å²) in [5.41, 5.74) is 0.753. The Kier molecular flexibility index (Phi) is 3.76. The first-order chi connectivity index (χ1) is 10.2. The molecule has 1 aliphatic carbocycles. The maximum Gasteiger partial charge on any atom is 0.314 e. The molecule has 5 heteroatoms. The molecule has 5 nitrogen and oxygen atoms in total. The van der Waals surface area contributed by atoms with E-state index in [2.05, 4.69) is 0 Å². The molecule has 1 aromatic rings. The highest BCUT2D eigenvalue weighted by atomic mass is 16.7. The van der Waals surface area contributed by atoms with E-state index < -0.39 is 11.4 Å². The number of carbonyl (C=O) groups is 1. The zero-order valence-electron chi connectivity index (χ0n) is 12.2. The van der Waals surface area contributed by atoms with Crippen LogP contribution in [0.4, 0.5) is 0 Å². The van der Waals surface area contributed by atoms with Gasteiger partial charge >= 0.3 is 5.97 Å². The number of rotatable bonds is 4. The van der Waals surface area contributed by atoms with E-state index in [4.69, 9.17) is 14.2 Å². The fraction of sp³-hybridized carbons (Fsp3) is 0.562. The van der Waals surface area contributed by atoms with Gasteiger partial charge in [0.05, 0.1) is 12.0 Å². The number of aliphatic carboxylic acids is 1. The second-order valence-corrected chi connectivity index (χ2v) is 5.71. The van der Waals surface area contributed by atoms with Crippen LogP contribution in [0.2, 0.25) is 0 Å². The SMILES string of the molecule is COCc1ccc2c(c1C1(C(=O)O)CCCCC1)OCO2. The Hall–Kier alpha value is -1.75. The van der Waals surface area contributed by atoms with E-state index in [-0.39, 0.29) is 6.79 Å². The van der Waals surface area contributed by atoms with E-state index in [1.807, 2.05) is 12.1 Å². The first kappa shape index (κ1) is 14.2. The van der Waals surface area contributed by atoms with Crippen LogP contribution >= 0.6 is 0 Å². The minimum atomic E-state index is -0.884. The second kappa shape index (κ2) is 5.56. The molecule has 1 N–H and O–H groups in total. The molecule has 1 heterocycles. The van der Waals surface area contributed by atoms with Crippen molar-refractivity contribution in [1.29, 1.82) is 0 Å². The molecule has 0 unspecified atom stereocenters. The fourth-order valence-electron chi connectivity index (χ4n) is 3.54. The lowest BCUT2D eigenvalue weighted by molar-refractivity contribution is -0.145. The van der Waals surface area contributed by atoms with Gasteiger partial charge in [0.1, 0.15) is 0 Å². The number of carboxylic acids is 1. The van der Waals surface area contributed by atoms with Gasteiger partial charge in [0, 0.05) is 12.7 Å².